The highest BCUT2D eigenvalue weighted by molar-refractivity contribution is 6.40. The summed E-state index contributed by atoms with van der Waals surface area (Å²) in [6.45, 7) is -3.18. The van der Waals surface area contributed by atoms with Gasteiger partial charge in [-0.25, -0.2) is 0 Å². The first kappa shape index (κ1) is 24.0. The van der Waals surface area contributed by atoms with Crippen molar-refractivity contribution in [1.82, 2.24) is 14.8 Å². The molecule has 3 aromatic heterocycles. The largest absolute Gasteiger partial charge is 0.446 e. The van der Waals surface area contributed by atoms with E-state index in [4.69, 9.17) is 39.2 Å². The first-order chi connectivity index (χ1) is 17.2. The average Bonchev–Trinajstić information content (AvgIpc) is 3.23. The quantitative estimate of drug-likeness (QED) is 0.274. The van der Waals surface area contributed by atoms with E-state index < -0.39 is 18.1 Å². The molecular formula is C23H11Cl3F2N4O4. The van der Waals surface area contributed by atoms with Gasteiger partial charge in [-0.15, -0.1) is 0 Å². The summed E-state index contributed by atoms with van der Waals surface area (Å²) in [7, 11) is 0. The number of carbonyl (C=O) groups is 1. The van der Waals surface area contributed by atoms with E-state index in [1.54, 1.807) is 24.3 Å². The van der Waals surface area contributed by atoms with Gasteiger partial charge in [0.2, 0.25) is 5.58 Å². The van der Waals surface area contributed by atoms with Crippen molar-refractivity contribution in [3.8, 4) is 11.4 Å². The van der Waals surface area contributed by atoms with Crippen LogP contribution in [0.1, 0.15) is 10.4 Å². The highest BCUT2D eigenvalue weighted by Crippen LogP contribution is 2.37. The fraction of sp³-hybridized carbons (Fsp3) is 0.0435. The first-order valence-corrected chi connectivity index (χ1v) is 11.2. The van der Waals surface area contributed by atoms with E-state index in [2.05, 4.69) is 20.1 Å². The molecule has 182 valence electrons. The van der Waals surface area contributed by atoms with E-state index in [-0.39, 0.29) is 49.0 Å². The van der Waals surface area contributed by atoms with Crippen LogP contribution in [-0.4, -0.2) is 27.3 Å². The van der Waals surface area contributed by atoms with Crippen molar-refractivity contribution in [1.29, 1.82) is 0 Å². The molecule has 5 aromatic rings. The van der Waals surface area contributed by atoms with Crippen LogP contribution in [0.25, 0.3) is 27.6 Å². The molecule has 0 radical (unpaired) electrons. The number of benzene rings is 2. The van der Waals surface area contributed by atoms with Gasteiger partial charge in [0.15, 0.2) is 11.3 Å². The van der Waals surface area contributed by atoms with Crippen LogP contribution in [0.2, 0.25) is 15.1 Å². The highest BCUT2D eigenvalue weighted by atomic mass is 35.5. The Kier molecular flexibility index (Phi) is 6.25. The first-order valence-electron chi connectivity index (χ1n) is 10.0. The molecule has 0 aliphatic rings. The molecule has 3 heterocycles. The zero-order valence-electron chi connectivity index (χ0n) is 17.6. The van der Waals surface area contributed by atoms with Crippen molar-refractivity contribution < 1.29 is 22.7 Å². The van der Waals surface area contributed by atoms with Gasteiger partial charge in [-0.2, -0.15) is 18.6 Å². The molecule has 36 heavy (non-hydrogen) atoms. The van der Waals surface area contributed by atoms with Crippen LogP contribution >= 0.6 is 34.8 Å². The number of furan rings is 1. The summed E-state index contributed by atoms with van der Waals surface area (Å²) in [6.07, 6.45) is 3.86. The van der Waals surface area contributed by atoms with Gasteiger partial charge in [-0.1, -0.05) is 34.8 Å². The van der Waals surface area contributed by atoms with Crippen molar-refractivity contribution >= 4 is 68.3 Å². The Labute approximate surface area is 214 Å². The van der Waals surface area contributed by atoms with Crippen molar-refractivity contribution in [3.05, 3.63) is 86.0 Å². The highest BCUT2D eigenvalue weighted by Gasteiger charge is 2.24. The summed E-state index contributed by atoms with van der Waals surface area (Å²) >= 11 is 18.1. The van der Waals surface area contributed by atoms with Crippen LogP contribution in [0.3, 0.4) is 0 Å². The van der Waals surface area contributed by atoms with Crippen LogP contribution in [0.4, 0.5) is 14.5 Å². The Morgan fingerprint density at radius 1 is 1.00 bits per heavy atom. The summed E-state index contributed by atoms with van der Waals surface area (Å²) in [4.78, 5) is 30.3. The molecule has 13 heteroatoms. The molecule has 0 spiro atoms. The Morgan fingerprint density at radius 3 is 2.36 bits per heavy atom. The van der Waals surface area contributed by atoms with Gasteiger partial charge in [-0.3, -0.25) is 14.6 Å². The van der Waals surface area contributed by atoms with Crippen LogP contribution in [0, 0.1) is 0 Å². The molecule has 0 bridgehead atoms. The number of pyridine rings is 1. The van der Waals surface area contributed by atoms with Gasteiger partial charge < -0.3 is 14.5 Å². The van der Waals surface area contributed by atoms with Gasteiger partial charge in [0, 0.05) is 22.8 Å². The van der Waals surface area contributed by atoms with E-state index >= 15 is 0 Å². The van der Waals surface area contributed by atoms with Gasteiger partial charge in [0.05, 0.1) is 38.6 Å². The van der Waals surface area contributed by atoms with Crippen LogP contribution in [0.15, 0.2) is 64.2 Å². The number of amides is 1. The molecule has 0 aliphatic heterocycles. The summed E-state index contributed by atoms with van der Waals surface area (Å²) in [5, 5.41) is 7.49. The molecule has 1 N–H and O–H groups in total. The second kappa shape index (κ2) is 9.38. The predicted octanol–water partition coefficient (Wildman–Crippen LogP) is 6.34. The van der Waals surface area contributed by atoms with E-state index in [1.165, 1.54) is 24.7 Å². The third kappa shape index (κ3) is 4.23. The van der Waals surface area contributed by atoms with E-state index in [1.807, 2.05) is 0 Å². The third-order valence-electron chi connectivity index (χ3n) is 5.15. The lowest BCUT2D eigenvalue weighted by atomic mass is 10.1. The Morgan fingerprint density at radius 2 is 1.69 bits per heavy atom. The van der Waals surface area contributed by atoms with Crippen LogP contribution in [0.5, 0.6) is 5.75 Å². The second-order valence-electron chi connectivity index (χ2n) is 7.31. The monoisotopic (exact) mass is 550 g/mol. The molecule has 0 atom stereocenters. The summed E-state index contributed by atoms with van der Waals surface area (Å²) in [5.41, 5.74) is -0.710. The van der Waals surface area contributed by atoms with Gasteiger partial charge in [0.1, 0.15) is 0 Å². The van der Waals surface area contributed by atoms with Crippen LogP contribution < -0.4 is 15.6 Å². The Hall–Kier alpha value is -3.73. The minimum atomic E-state index is -3.18. The molecular weight excluding hydrogens is 541 g/mol. The molecule has 0 fully saturated rings. The van der Waals surface area contributed by atoms with Gasteiger partial charge in [0.25, 0.3) is 5.91 Å². The zero-order chi connectivity index (χ0) is 25.6. The maximum atomic E-state index is 13.2. The summed E-state index contributed by atoms with van der Waals surface area (Å²) in [6, 6.07) is 8.65. The van der Waals surface area contributed by atoms with Crippen LogP contribution in [-0.2, 0) is 0 Å². The second-order valence-corrected chi connectivity index (χ2v) is 8.56. The summed E-state index contributed by atoms with van der Waals surface area (Å²) in [5.74, 6) is -1.08. The maximum Gasteiger partial charge on any atom is 0.387 e. The van der Waals surface area contributed by atoms with Gasteiger partial charge >= 0.3 is 12.2 Å². The van der Waals surface area contributed by atoms with E-state index in [0.29, 0.717) is 10.7 Å². The van der Waals surface area contributed by atoms with E-state index in [0.717, 1.165) is 10.7 Å². The number of fused-ring (bicyclic) bond motifs is 3. The molecule has 0 saturated carbocycles. The number of rotatable bonds is 5. The number of nitrogens with one attached hydrogen (secondary N) is 1. The number of ether oxygens (including phenoxy) is 1. The Balaban J connectivity index is 1.72. The SMILES string of the molecule is O=C(Nc1c(Cl)cncc1Cl)c1ccc(OC(F)F)c2oc3c(=O)n(-c4ccc(Cl)cc4)ncc3c12. The smallest absolute Gasteiger partial charge is 0.387 e. The topological polar surface area (TPSA) is 99.3 Å². The fourth-order valence-electron chi connectivity index (χ4n) is 3.60. The molecule has 8 nitrogen and oxygen atoms in total. The average molecular weight is 552 g/mol. The van der Waals surface area contributed by atoms with Crippen molar-refractivity contribution in [3.63, 3.8) is 0 Å². The number of aromatic nitrogens is 3. The fourth-order valence-corrected chi connectivity index (χ4v) is 4.19. The lowest BCUT2D eigenvalue weighted by Gasteiger charge is -2.11. The minimum absolute atomic E-state index is 0.0280. The number of hydrogen-bond acceptors (Lipinski definition) is 6. The standard InChI is InChI=1S/C23H11Cl3F2N4O4/c24-10-1-3-11(4-2-10)32-22(34)19-13(7-30-32)17-12(5-6-16(20(17)36-19)35-23(27)28)21(33)31-18-14(25)8-29-9-15(18)26/h1-9,23H,(H,29,31,33). The number of alkyl halides is 2. The predicted molar refractivity (Wildman–Crippen MR) is 131 cm³/mol. The molecule has 1 amide bonds. The lowest BCUT2D eigenvalue weighted by Crippen LogP contribution is -2.20. The minimum Gasteiger partial charge on any atom is -0.446 e. The van der Waals surface area contributed by atoms with Crippen molar-refractivity contribution in [2.24, 2.45) is 0 Å². The molecule has 5 rings (SSSR count). The van der Waals surface area contributed by atoms with Crippen molar-refractivity contribution in [2.45, 2.75) is 6.61 Å². The normalized spacial score (nSPS) is 11.4. The van der Waals surface area contributed by atoms with Gasteiger partial charge in [-0.05, 0) is 36.4 Å². The zero-order valence-corrected chi connectivity index (χ0v) is 19.9. The lowest BCUT2D eigenvalue weighted by molar-refractivity contribution is -0.0493. The molecule has 0 aliphatic carbocycles. The third-order valence-corrected chi connectivity index (χ3v) is 5.98. The molecule has 0 saturated heterocycles. The Bertz CT molecular complexity index is 1680. The number of anilines is 1. The number of nitrogens with zero attached hydrogens (tertiary/aromatic N) is 3. The number of hydrogen-bond donors (Lipinski definition) is 1. The number of halogens is 5. The van der Waals surface area contributed by atoms with E-state index in [9.17, 15) is 18.4 Å². The maximum absolute atomic E-state index is 13.2. The number of carbonyl (C=O) groups excluding carboxylic acids is 1. The molecule has 2 aromatic carbocycles. The van der Waals surface area contributed by atoms with Crippen molar-refractivity contribution in [2.75, 3.05) is 5.32 Å². The summed E-state index contributed by atoms with van der Waals surface area (Å²) < 4.78 is 37.4. The molecule has 0 unspecified atom stereocenters.